The van der Waals surface area contributed by atoms with E-state index < -0.39 is 0 Å². The van der Waals surface area contributed by atoms with E-state index in [2.05, 4.69) is 10.1 Å². The van der Waals surface area contributed by atoms with Crippen LogP contribution in [0.2, 0.25) is 0 Å². The summed E-state index contributed by atoms with van der Waals surface area (Å²) in [6.07, 6.45) is 0.568. The fourth-order valence-electron chi connectivity index (χ4n) is 0.587. The Morgan fingerprint density at radius 3 is 2.15 bits per heavy atom. The quantitative estimate of drug-likeness (QED) is 0.367. The van der Waals surface area contributed by atoms with Crippen LogP contribution >= 0.6 is 0 Å². The van der Waals surface area contributed by atoms with Gasteiger partial charge in [0.05, 0.1) is 0 Å². The van der Waals surface area contributed by atoms with Crippen LogP contribution in [0.1, 0.15) is 37.3 Å². The first-order valence-corrected chi connectivity index (χ1v) is 3.33. The number of carbonyl (C=O) groups is 1. The van der Waals surface area contributed by atoms with Crippen molar-refractivity contribution in [2.75, 3.05) is 0 Å². The van der Waals surface area contributed by atoms with Crippen LogP contribution in [0.4, 0.5) is 0 Å². The summed E-state index contributed by atoms with van der Waals surface area (Å²) in [5.41, 5.74) is -0.186. The molecule has 0 spiro atoms. The van der Waals surface area contributed by atoms with Gasteiger partial charge in [-0.25, -0.2) is 0 Å². The molecule has 0 saturated heterocycles. The summed E-state index contributed by atoms with van der Waals surface area (Å²) in [5.74, 6) is 0.592. The largest absolute Gasteiger partial charge is 1.00 e. The van der Waals surface area contributed by atoms with Crippen molar-refractivity contribution >= 4 is 6.29 Å². The maximum atomic E-state index is 10.2. The SMILES string of the molecule is CC(C)(C)c1nc(C=O)no1.[Li+].[OH-]. The van der Waals surface area contributed by atoms with Crippen LogP contribution in [0.3, 0.4) is 0 Å². The summed E-state index contributed by atoms with van der Waals surface area (Å²) in [6.45, 7) is 5.82. The summed E-state index contributed by atoms with van der Waals surface area (Å²) in [4.78, 5) is 14.0. The van der Waals surface area contributed by atoms with Gasteiger partial charge in [-0.1, -0.05) is 25.9 Å². The van der Waals surface area contributed by atoms with Crippen LogP contribution < -0.4 is 18.9 Å². The van der Waals surface area contributed by atoms with E-state index in [4.69, 9.17) is 4.52 Å². The summed E-state index contributed by atoms with van der Waals surface area (Å²) in [6, 6.07) is 0. The summed E-state index contributed by atoms with van der Waals surface area (Å²) < 4.78 is 4.83. The fraction of sp³-hybridized carbons (Fsp3) is 0.571. The second kappa shape index (κ2) is 5.17. The first kappa shape index (κ1) is 14.9. The van der Waals surface area contributed by atoms with Crippen molar-refractivity contribution in [2.45, 2.75) is 26.2 Å². The minimum atomic E-state index is -0.186. The molecule has 0 aromatic carbocycles. The molecule has 13 heavy (non-hydrogen) atoms. The first-order valence-electron chi connectivity index (χ1n) is 3.33. The van der Waals surface area contributed by atoms with Gasteiger partial charge < -0.3 is 10.00 Å². The van der Waals surface area contributed by atoms with Gasteiger partial charge in [0, 0.05) is 5.41 Å². The van der Waals surface area contributed by atoms with Gasteiger partial charge in [0.15, 0.2) is 6.29 Å². The average molecular weight is 178 g/mol. The molecule has 0 unspecified atom stereocenters. The van der Waals surface area contributed by atoms with Gasteiger partial charge in [-0.05, 0) is 0 Å². The van der Waals surface area contributed by atoms with Crippen molar-refractivity contribution in [1.82, 2.24) is 10.1 Å². The van der Waals surface area contributed by atoms with Crippen LogP contribution in [0.25, 0.3) is 0 Å². The van der Waals surface area contributed by atoms with Gasteiger partial charge in [0.25, 0.3) is 0 Å². The molecular formula is C7H11LiN2O3. The maximum absolute atomic E-state index is 10.2. The smallest absolute Gasteiger partial charge is 0.870 e. The van der Waals surface area contributed by atoms with E-state index in [0.29, 0.717) is 12.2 Å². The van der Waals surface area contributed by atoms with E-state index >= 15 is 0 Å². The van der Waals surface area contributed by atoms with E-state index in [1.807, 2.05) is 20.8 Å². The molecule has 0 aliphatic rings. The second-order valence-electron chi connectivity index (χ2n) is 3.33. The molecule has 1 aromatic heterocycles. The van der Waals surface area contributed by atoms with Gasteiger partial charge in [0.1, 0.15) is 0 Å². The second-order valence-corrected chi connectivity index (χ2v) is 3.33. The van der Waals surface area contributed by atoms with Crippen molar-refractivity contribution in [3.05, 3.63) is 11.7 Å². The molecule has 0 saturated carbocycles. The van der Waals surface area contributed by atoms with Gasteiger partial charge in [0.2, 0.25) is 11.7 Å². The fourth-order valence-corrected chi connectivity index (χ4v) is 0.587. The van der Waals surface area contributed by atoms with Gasteiger partial charge >= 0.3 is 18.9 Å². The molecule has 0 aliphatic carbocycles. The third-order valence-corrected chi connectivity index (χ3v) is 1.19. The van der Waals surface area contributed by atoms with Crippen molar-refractivity contribution in [3.63, 3.8) is 0 Å². The molecule has 6 heteroatoms. The number of hydrogen-bond acceptors (Lipinski definition) is 5. The van der Waals surface area contributed by atoms with E-state index in [9.17, 15) is 4.79 Å². The Kier molecular flexibility index (Phi) is 5.92. The van der Waals surface area contributed by atoms with E-state index in [1.165, 1.54) is 0 Å². The van der Waals surface area contributed by atoms with Crippen molar-refractivity contribution in [2.24, 2.45) is 0 Å². The molecular weight excluding hydrogens is 167 g/mol. The maximum Gasteiger partial charge on any atom is 1.00 e. The number of rotatable bonds is 1. The molecule has 0 bridgehead atoms. The molecule has 1 N–H and O–H groups in total. The normalized spacial score (nSPS) is 9.77. The van der Waals surface area contributed by atoms with Crippen LogP contribution in [0.15, 0.2) is 4.52 Å². The van der Waals surface area contributed by atoms with Crippen molar-refractivity contribution in [3.8, 4) is 0 Å². The summed E-state index contributed by atoms with van der Waals surface area (Å²) in [7, 11) is 0. The zero-order valence-corrected chi connectivity index (χ0v) is 8.24. The Balaban J connectivity index is 0. The Labute approximate surface area is 88.4 Å². The van der Waals surface area contributed by atoms with Gasteiger partial charge in [-0.2, -0.15) is 4.98 Å². The Morgan fingerprint density at radius 2 is 1.92 bits per heavy atom. The zero-order valence-electron chi connectivity index (χ0n) is 8.24. The number of hydrogen-bond donors (Lipinski definition) is 0. The van der Waals surface area contributed by atoms with Gasteiger partial charge in [-0.15, -0.1) is 0 Å². The third-order valence-electron chi connectivity index (χ3n) is 1.19. The first-order chi connectivity index (χ1) is 5.04. The molecule has 0 atom stereocenters. The number of aromatic nitrogens is 2. The molecule has 0 radical (unpaired) electrons. The number of carbonyl (C=O) groups excluding carboxylic acids is 1. The van der Waals surface area contributed by atoms with E-state index in [1.54, 1.807) is 0 Å². The molecule has 1 aromatic rings. The third kappa shape index (κ3) is 3.72. The number of nitrogens with zero attached hydrogens (tertiary/aromatic N) is 2. The van der Waals surface area contributed by atoms with Gasteiger partial charge in [-0.3, -0.25) is 4.79 Å². The molecule has 0 aliphatic heterocycles. The Morgan fingerprint density at radius 1 is 1.38 bits per heavy atom. The van der Waals surface area contributed by atoms with Crippen LogP contribution in [-0.2, 0) is 5.41 Å². The molecule has 68 valence electrons. The number of aldehydes is 1. The zero-order chi connectivity index (χ0) is 8.48. The molecule has 1 rings (SSSR count). The topological polar surface area (TPSA) is 86.0 Å². The monoisotopic (exact) mass is 178 g/mol. The predicted octanol–water partition coefficient (Wildman–Crippen LogP) is -1.99. The van der Waals surface area contributed by atoms with Crippen molar-refractivity contribution < 1.29 is 33.7 Å². The summed E-state index contributed by atoms with van der Waals surface area (Å²) >= 11 is 0. The summed E-state index contributed by atoms with van der Waals surface area (Å²) in [5, 5.41) is 3.45. The standard InChI is InChI=1S/C7H10N2O2.Li.H2O/c1-7(2,3)6-8-5(4-10)9-11-6;;/h4H,1-3H3;;1H2/q;+1;/p-1. The minimum Gasteiger partial charge on any atom is -0.870 e. The van der Waals surface area contributed by atoms with Crippen molar-refractivity contribution in [1.29, 1.82) is 0 Å². The Bertz CT molecular complexity index is 267. The average Bonchev–Trinajstić information content (AvgIpc) is 2.32. The van der Waals surface area contributed by atoms with Crippen LogP contribution in [0, 0.1) is 0 Å². The van der Waals surface area contributed by atoms with E-state index in [-0.39, 0.29) is 35.6 Å². The van der Waals surface area contributed by atoms with E-state index in [0.717, 1.165) is 0 Å². The van der Waals surface area contributed by atoms with Crippen LogP contribution in [0.5, 0.6) is 0 Å². The molecule has 5 nitrogen and oxygen atoms in total. The Hall–Kier alpha value is -0.633. The minimum absolute atomic E-state index is 0. The molecule has 1 heterocycles. The predicted molar refractivity (Wildman–Crippen MR) is 40.3 cm³/mol. The van der Waals surface area contributed by atoms with Crippen LogP contribution in [-0.4, -0.2) is 21.9 Å². The molecule has 0 fully saturated rings. The molecule has 0 amide bonds.